The molecule has 1 aliphatic heterocycles. The molecule has 0 bridgehead atoms. The lowest BCUT2D eigenvalue weighted by Crippen LogP contribution is -2.19. The van der Waals surface area contributed by atoms with Crippen LogP contribution in [-0.4, -0.2) is 17.0 Å². The average molecular weight is 236 g/mol. The Bertz CT molecular complexity index is 428. The van der Waals surface area contributed by atoms with Crippen molar-refractivity contribution in [3.05, 3.63) is 29.6 Å². The van der Waals surface area contributed by atoms with Crippen molar-refractivity contribution in [2.24, 2.45) is 0 Å². The van der Waals surface area contributed by atoms with Crippen molar-refractivity contribution in [3.8, 4) is 6.07 Å². The van der Waals surface area contributed by atoms with Gasteiger partial charge in [-0.2, -0.15) is 17.0 Å². The molecule has 0 amide bonds. The number of nitrogens with one attached hydrogen (secondary N) is 1. The molecule has 1 saturated heterocycles. The van der Waals surface area contributed by atoms with E-state index in [1.54, 1.807) is 12.1 Å². The van der Waals surface area contributed by atoms with Crippen molar-refractivity contribution < 1.29 is 4.39 Å². The topological polar surface area (TPSA) is 35.8 Å². The second kappa shape index (κ2) is 4.75. The standard InChI is InChI=1S/C12H13FN2S/c1-8-4-10(7-16-8)15-12-3-2-9(6-14)5-11(12)13/h2-3,5,8,10,15H,4,7H2,1H3. The minimum Gasteiger partial charge on any atom is -0.379 e. The van der Waals surface area contributed by atoms with Gasteiger partial charge in [-0.05, 0) is 24.6 Å². The Kier molecular flexibility index (Phi) is 3.35. The first-order valence-electron chi connectivity index (χ1n) is 5.27. The predicted octanol–water partition coefficient (Wildman–Crippen LogP) is 3.00. The summed E-state index contributed by atoms with van der Waals surface area (Å²) >= 11 is 1.90. The van der Waals surface area contributed by atoms with Gasteiger partial charge in [0.15, 0.2) is 0 Å². The molecule has 2 atom stereocenters. The summed E-state index contributed by atoms with van der Waals surface area (Å²) in [5, 5.41) is 12.5. The van der Waals surface area contributed by atoms with Crippen LogP contribution in [0.3, 0.4) is 0 Å². The molecule has 1 fully saturated rings. The number of thioether (sulfide) groups is 1. The van der Waals surface area contributed by atoms with Crippen LogP contribution in [0.25, 0.3) is 0 Å². The van der Waals surface area contributed by atoms with Gasteiger partial charge in [0.2, 0.25) is 0 Å². The van der Waals surface area contributed by atoms with Crippen molar-refractivity contribution in [2.75, 3.05) is 11.1 Å². The lowest BCUT2D eigenvalue weighted by atomic mass is 10.1. The van der Waals surface area contributed by atoms with Gasteiger partial charge < -0.3 is 5.32 Å². The fourth-order valence-corrected chi connectivity index (χ4v) is 2.99. The van der Waals surface area contributed by atoms with E-state index in [1.165, 1.54) is 6.07 Å². The molecular weight excluding hydrogens is 223 g/mol. The Balaban J connectivity index is 2.08. The maximum Gasteiger partial charge on any atom is 0.147 e. The van der Waals surface area contributed by atoms with E-state index in [4.69, 9.17) is 5.26 Å². The summed E-state index contributed by atoms with van der Waals surface area (Å²) in [5.74, 6) is 0.671. The van der Waals surface area contributed by atoms with Crippen LogP contribution < -0.4 is 5.32 Å². The second-order valence-corrected chi connectivity index (χ2v) is 5.50. The van der Waals surface area contributed by atoms with E-state index in [9.17, 15) is 4.39 Å². The Morgan fingerprint density at radius 3 is 2.94 bits per heavy atom. The van der Waals surface area contributed by atoms with Crippen LogP contribution in [0.15, 0.2) is 18.2 Å². The van der Waals surface area contributed by atoms with Gasteiger partial charge in [0.1, 0.15) is 5.82 Å². The van der Waals surface area contributed by atoms with Gasteiger partial charge in [0.05, 0.1) is 17.3 Å². The summed E-state index contributed by atoms with van der Waals surface area (Å²) in [5.41, 5.74) is 0.857. The fraction of sp³-hybridized carbons (Fsp3) is 0.417. The molecule has 0 radical (unpaired) electrons. The summed E-state index contributed by atoms with van der Waals surface area (Å²) in [6.07, 6.45) is 1.06. The second-order valence-electron chi connectivity index (χ2n) is 4.03. The molecule has 1 N–H and O–H groups in total. The zero-order chi connectivity index (χ0) is 11.5. The number of nitriles is 1. The largest absolute Gasteiger partial charge is 0.379 e. The molecular formula is C12H13FN2S. The third-order valence-corrected chi connectivity index (χ3v) is 4.01. The van der Waals surface area contributed by atoms with E-state index in [1.807, 2.05) is 17.8 Å². The number of halogens is 1. The number of hydrogen-bond acceptors (Lipinski definition) is 3. The Hall–Kier alpha value is -1.21. The van der Waals surface area contributed by atoms with Crippen LogP contribution in [0.1, 0.15) is 18.9 Å². The monoisotopic (exact) mass is 236 g/mol. The molecule has 2 nitrogen and oxygen atoms in total. The number of rotatable bonds is 2. The molecule has 16 heavy (non-hydrogen) atoms. The maximum atomic E-state index is 13.6. The molecule has 4 heteroatoms. The number of anilines is 1. The lowest BCUT2D eigenvalue weighted by molar-refractivity contribution is 0.624. The first kappa shape index (κ1) is 11.3. The summed E-state index contributed by atoms with van der Waals surface area (Å²) in [6.45, 7) is 2.18. The third-order valence-electron chi connectivity index (χ3n) is 2.66. The first-order chi connectivity index (χ1) is 7.69. The van der Waals surface area contributed by atoms with Gasteiger partial charge >= 0.3 is 0 Å². The molecule has 1 aliphatic rings. The number of hydrogen-bond donors (Lipinski definition) is 1. The van der Waals surface area contributed by atoms with Crippen LogP contribution >= 0.6 is 11.8 Å². The Labute approximate surface area is 98.8 Å². The summed E-state index contributed by atoms with van der Waals surface area (Å²) in [7, 11) is 0. The zero-order valence-corrected chi connectivity index (χ0v) is 9.85. The highest BCUT2D eigenvalue weighted by Gasteiger charge is 2.22. The quantitative estimate of drug-likeness (QED) is 0.857. The highest BCUT2D eigenvalue weighted by atomic mass is 32.2. The van der Waals surface area contributed by atoms with Crippen molar-refractivity contribution in [1.82, 2.24) is 0 Å². The van der Waals surface area contributed by atoms with Gasteiger partial charge in [-0.1, -0.05) is 6.92 Å². The molecule has 0 saturated carbocycles. The smallest absolute Gasteiger partial charge is 0.147 e. The first-order valence-corrected chi connectivity index (χ1v) is 6.31. The van der Waals surface area contributed by atoms with Crippen molar-refractivity contribution in [2.45, 2.75) is 24.6 Å². The Morgan fingerprint density at radius 1 is 1.56 bits per heavy atom. The van der Waals surface area contributed by atoms with E-state index < -0.39 is 0 Å². The number of benzene rings is 1. The maximum absolute atomic E-state index is 13.6. The van der Waals surface area contributed by atoms with E-state index in [0.29, 0.717) is 22.5 Å². The van der Waals surface area contributed by atoms with Gasteiger partial charge in [-0.15, -0.1) is 0 Å². The van der Waals surface area contributed by atoms with Crippen LogP contribution in [-0.2, 0) is 0 Å². The molecule has 0 aromatic heterocycles. The molecule has 0 aliphatic carbocycles. The molecule has 0 spiro atoms. The average Bonchev–Trinajstić information content (AvgIpc) is 2.67. The third kappa shape index (κ3) is 2.48. The minimum atomic E-state index is -0.344. The normalized spacial score (nSPS) is 24.1. The summed E-state index contributed by atoms with van der Waals surface area (Å²) in [4.78, 5) is 0. The van der Waals surface area contributed by atoms with Crippen molar-refractivity contribution in [1.29, 1.82) is 5.26 Å². The summed E-state index contributed by atoms with van der Waals surface area (Å²) < 4.78 is 13.6. The van der Waals surface area contributed by atoms with Gasteiger partial charge in [0.25, 0.3) is 0 Å². The van der Waals surface area contributed by atoms with Gasteiger partial charge in [0, 0.05) is 17.0 Å². The highest BCUT2D eigenvalue weighted by molar-refractivity contribution is 8.00. The van der Waals surface area contributed by atoms with Crippen LogP contribution in [0, 0.1) is 17.1 Å². The predicted molar refractivity (Wildman–Crippen MR) is 65.1 cm³/mol. The summed E-state index contributed by atoms with van der Waals surface area (Å²) in [6, 6.07) is 6.81. The lowest BCUT2D eigenvalue weighted by Gasteiger charge is -2.13. The Morgan fingerprint density at radius 2 is 2.38 bits per heavy atom. The molecule has 1 aromatic carbocycles. The molecule has 2 unspecified atom stereocenters. The van der Waals surface area contributed by atoms with E-state index in [0.717, 1.165) is 12.2 Å². The highest BCUT2D eigenvalue weighted by Crippen LogP contribution is 2.29. The zero-order valence-electron chi connectivity index (χ0n) is 9.03. The van der Waals surface area contributed by atoms with Crippen molar-refractivity contribution in [3.63, 3.8) is 0 Å². The van der Waals surface area contributed by atoms with Crippen molar-refractivity contribution >= 4 is 17.4 Å². The van der Waals surface area contributed by atoms with Crippen LogP contribution in [0.2, 0.25) is 0 Å². The minimum absolute atomic E-state index is 0.336. The molecule has 84 valence electrons. The molecule has 1 heterocycles. The van der Waals surface area contributed by atoms with E-state index in [-0.39, 0.29) is 5.82 Å². The number of nitrogens with zero attached hydrogens (tertiary/aromatic N) is 1. The van der Waals surface area contributed by atoms with E-state index >= 15 is 0 Å². The SMILES string of the molecule is CC1CC(Nc2ccc(C#N)cc2F)CS1. The molecule has 1 aromatic rings. The van der Waals surface area contributed by atoms with Gasteiger partial charge in [-0.3, -0.25) is 0 Å². The molecule has 2 rings (SSSR count). The van der Waals surface area contributed by atoms with Crippen LogP contribution in [0.5, 0.6) is 0 Å². The van der Waals surface area contributed by atoms with Crippen LogP contribution in [0.4, 0.5) is 10.1 Å². The van der Waals surface area contributed by atoms with Gasteiger partial charge in [-0.25, -0.2) is 4.39 Å². The fourth-order valence-electron chi connectivity index (χ4n) is 1.84. The van der Waals surface area contributed by atoms with E-state index in [2.05, 4.69) is 12.2 Å².